The zero-order chi connectivity index (χ0) is 29.1. The van der Waals surface area contributed by atoms with E-state index in [4.69, 9.17) is 9.73 Å². The smallest absolute Gasteiger partial charge is 0.268 e. The van der Waals surface area contributed by atoms with Crippen molar-refractivity contribution in [3.63, 3.8) is 0 Å². The second kappa shape index (κ2) is 12.8. The maximum absolute atomic E-state index is 13.4. The van der Waals surface area contributed by atoms with Gasteiger partial charge in [-0.2, -0.15) is 0 Å². The van der Waals surface area contributed by atoms with Gasteiger partial charge >= 0.3 is 0 Å². The first-order valence-electron chi connectivity index (χ1n) is 15.5. The molecule has 7 nitrogen and oxygen atoms in total. The van der Waals surface area contributed by atoms with Gasteiger partial charge in [0.15, 0.2) is 0 Å². The summed E-state index contributed by atoms with van der Waals surface area (Å²) in [6.45, 7) is 13.4. The Hall–Kier alpha value is -3.55. The summed E-state index contributed by atoms with van der Waals surface area (Å²) >= 11 is 0. The molecule has 42 heavy (non-hydrogen) atoms. The van der Waals surface area contributed by atoms with Gasteiger partial charge in [-0.25, -0.2) is 4.99 Å². The number of carbonyl (C=O) groups excluding carboxylic acids is 1. The van der Waals surface area contributed by atoms with E-state index in [1.54, 1.807) is 0 Å². The van der Waals surface area contributed by atoms with Gasteiger partial charge in [0.1, 0.15) is 11.5 Å². The van der Waals surface area contributed by atoms with E-state index >= 15 is 0 Å². The lowest BCUT2D eigenvalue weighted by molar-refractivity contribution is -0.125. The minimum atomic E-state index is 0.0986. The summed E-state index contributed by atoms with van der Waals surface area (Å²) in [4.78, 5) is 29.6. The number of pyridine rings is 1. The van der Waals surface area contributed by atoms with E-state index in [0.29, 0.717) is 18.1 Å². The lowest BCUT2D eigenvalue weighted by Crippen LogP contribution is -2.50. The Labute approximate surface area is 250 Å². The van der Waals surface area contributed by atoms with Crippen LogP contribution in [0.15, 0.2) is 65.8 Å². The number of hydrogen-bond donors (Lipinski definition) is 0. The molecule has 2 aromatic carbocycles. The van der Waals surface area contributed by atoms with Crippen LogP contribution in [0.5, 0.6) is 5.75 Å². The van der Waals surface area contributed by atoms with Crippen molar-refractivity contribution < 1.29 is 9.53 Å². The Morgan fingerprint density at radius 3 is 2.26 bits per heavy atom. The van der Waals surface area contributed by atoms with Gasteiger partial charge in [0.2, 0.25) is 0 Å². The highest BCUT2D eigenvalue weighted by Crippen LogP contribution is 2.34. The van der Waals surface area contributed by atoms with Crippen LogP contribution in [-0.4, -0.2) is 76.7 Å². The van der Waals surface area contributed by atoms with Crippen LogP contribution in [0.3, 0.4) is 0 Å². The van der Waals surface area contributed by atoms with Crippen LogP contribution >= 0.6 is 0 Å². The van der Waals surface area contributed by atoms with Crippen LogP contribution in [0.4, 0.5) is 5.69 Å². The standard InChI is InChI=1S/C35H43N5O2/c1-25(2)42-32-9-6-27(7-10-32)23-39-16-18-40(19-17-39)35(41)34-21-31-20-30(8-11-33(31)37-34)29-12-14-38(15-13-29)24-28-5-4-26(3)36-22-28/h4-11,20,22,25,29H,12-19,21,23-24H2,1-3H3. The second-order valence-corrected chi connectivity index (χ2v) is 12.4. The Morgan fingerprint density at radius 1 is 0.881 bits per heavy atom. The van der Waals surface area contributed by atoms with Crippen LogP contribution in [-0.2, 0) is 24.3 Å². The first kappa shape index (κ1) is 28.6. The molecule has 0 saturated carbocycles. The third kappa shape index (κ3) is 6.90. The summed E-state index contributed by atoms with van der Waals surface area (Å²) in [5.41, 5.74) is 7.88. The van der Waals surface area contributed by atoms with Gasteiger partial charge in [-0.05, 0) is 99.1 Å². The Bertz CT molecular complexity index is 1400. The summed E-state index contributed by atoms with van der Waals surface area (Å²) in [7, 11) is 0. The molecule has 3 aromatic rings. The van der Waals surface area contributed by atoms with E-state index in [9.17, 15) is 4.79 Å². The van der Waals surface area contributed by atoms with Crippen molar-refractivity contribution in [2.24, 2.45) is 4.99 Å². The molecule has 0 N–H and O–H groups in total. The highest BCUT2D eigenvalue weighted by molar-refractivity contribution is 6.40. The lowest BCUT2D eigenvalue weighted by atomic mass is 9.88. The highest BCUT2D eigenvalue weighted by atomic mass is 16.5. The number of aromatic nitrogens is 1. The number of likely N-dealkylation sites (tertiary alicyclic amines) is 1. The molecule has 1 aromatic heterocycles. The number of amides is 1. The minimum Gasteiger partial charge on any atom is -0.491 e. The fourth-order valence-corrected chi connectivity index (χ4v) is 6.37. The number of ether oxygens (including phenoxy) is 1. The molecule has 220 valence electrons. The maximum Gasteiger partial charge on any atom is 0.268 e. The van der Waals surface area contributed by atoms with Crippen molar-refractivity contribution >= 4 is 17.3 Å². The predicted molar refractivity (Wildman–Crippen MR) is 168 cm³/mol. The zero-order valence-corrected chi connectivity index (χ0v) is 25.3. The van der Waals surface area contributed by atoms with Crippen molar-refractivity contribution in [3.05, 3.63) is 88.7 Å². The van der Waals surface area contributed by atoms with Crippen LogP contribution in [0, 0.1) is 6.92 Å². The number of nitrogens with zero attached hydrogens (tertiary/aromatic N) is 5. The fourth-order valence-electron chi connectivity index (χ4n) is 6.37. The number of benzene rings is 2. The second-order valence-electron chi connectivity index (χ2n) is 12.4. The number of piperazine rings is 1. The zero-order valence-electron chi connectivity index (χ0n) is 25.3. The van der Waals surface area contributed by atoms with Gasteiger partial charge in [0.25, 0.3) is 5.91 Å². The number of aliphatic imine (C=N–C) groups is 1. The molecule has 0 bridgehead atoms. The van der Waals surface area contributed by atoms with Gasteiger partial charge < -0.3 is 9.64 Å². The molecular weight excluding hydrogens is 522 g/mol. The molecule has 3 aliphatic rings. The molecule has 6 rings (SSSR count). The molecular formula is C35H43N5O2. The molecule has 2 saturated heterocycles. The Balaban J connectivity index is 0.971. The molecule has 1 amide bonds. The Morgan fingerprint density at radius 2 is 1.57 bits per heavy atom. The molecule has 3 aliphatic heterocycles. The van der Waals surface area contributed by atoms with Crippen LogP contribution < -0.4 is 4.74 Å². The normalized spacial score (nSPS) is 18.3. The average molecular weight is 566 g/mol. The third-order valence-electron chi connectivity index (χ3n) is 8.76. The van der Waals surface area contributed by atoms with Gasteiger partial charge in [0.05, 0.1) is 11.8 Å². The van der Waals surface area contributed by atoms with Gasteiger partial charge in [-0.3, -0.25) is 19.6 Å². The quantitative estimate of drug-likeness (QED) is 0.360. The first-order chi connectivity index (χ1) is 20.4. The van der Waals surface area contributed by atoms with Crippen molar-refractivity contribution in [1.82, 2.24) is 19.7 Å². The van der Waals surface area contributed by atoms with E-state index < -0.39 is 0 Å². The summed E-state index contributed by atoms with van der Waals surface area (Å²) in [5.74, 6) is 1.57. The largest absolute Gasteiger partial charge is 0.491 e. The molecule has 2 fully saturated rings. The van der Waals surface area contributed by atoms with E-state index in [2.05, 4.69) is 57.2 Å². The van der Waals surface area contributed by atoms with Crippen LogP contribution in [0.2, 0.25) is 0 Å². The van der Waals surface area contributed by atoms with Crippen LogP contribution in [0.1, 0.15) is 60.6 Å². The summed E-state index contributed by atoms with van der Waals surface area (Å²) < 4.78 is 5.76. The SMILES string of the molecule is Cc1ccc(CN2CCC(c3ccc4c(c3)CC(C(=O)N3CCN(Cc5ccc(OC(C)C)cc5)CC3)=N4)CC2)cn1. The fraction of sp³-hybridized carbons (Fsp3) is 0.457. The minimum absolute atomic E-state index is 0.0986. The van der Waals surface area contributed by atoms with Crippen molar-refractivity contribution in [1.29, 1.82) is 0 Å². The number of piperidine rings is 1. The third-order valence-corrected chi connectivity index (χ3v) is 8.76. The molecule has 0 atom stereocenters. The summed E-state index contributed by atoms with van der Waals surface area (Å²) in [6, 6.07) is 19.3. The van der Waals surface area contributed by atoms with E-state index in [-0.39, 0.29) is 12.0 Å². The molecule has 0 radical (unpaired) electrons. The summed E-state index contributed by atoms with van der Waals surface area (Å²) in [5, 5.41) is 0. The number of aryl methyl sites for hydroxylation is 1. The lowest BCUT2D eigenvalue weighted by Gasteiger charge is -2.34. The summed E-state index contributed by atoms with van der Waals surface area (Å²) in [6.07, 6.45) is 5.14. The highest BCUT2D eigenvalue weighted by Gasteiger charge is 2.29. The first-order valence-corrected chi connectivity index (χ1v) is 15.5. The number of carbonyl (C=O) groups is 1. The van der Waals surface area contributed by atoms with Crippen LogP contribution in [0.25, 0.3) is 0 Å². The van der Waals surface area contributed by atoms with Gasteiger partial charge in [0, 0.05) is 57.6 Å². The maximum atomic E-state index is 13.4. The predicted octanol–water partition coefficient (Wildman–Crippen LogP) is 5.53. The average Bonchev–Trinajstić information content (AvgIpc) is 3.43. The number of hydrogen-bond acceptors (Lipinski definition) is 6. The van der Waals surface area contributed by atoms with Gasteiger partial charge in [-0.1, -0.05) is 30.3 Å². The topological polar surface area (TPSA) is 61.3 Å². The van der Waals surface area contributed by atoms with Crippen molar-refractivity contribution in [2.75, 3.05) is 39.3 Å². The number of rotatable bonds is 8. The molecule has 4 heterocycles. The molecule has 0 unspecified atom stereocenters. The van der Waals surface area contributed by atoms with Crippen molar-refractivity contribution in [3.8, 4) is 5.75 Å². The molecule has 0 spiro atoms. The Kier molecular flexibility index (Phi) is 8.68. The van der Waals surface area contributed by atoms with E-state index in [1.165, 1.54) is 22.3 Å². The molecule has 7 heteroatoms. The molecule has 0 aliphatic carbocycles. The van der Waals surface area contributed by atoms with E-state index in [0.717, 1.165) is 82.3 Å². The monoisotopic (exact) mass is 565 g/mol. The van der Waals surface area contributed by atoms with Gasteiger partial charge in [-0.15, -0.1) is 0 Å². The van der Waals surface area contributed by atoms with Crippen molar-refractivity contribution in [2.45, 2.75) is 65.1 Å². The number of fused-ring (bicyclic) bond motifs is 1. The van der Waals surface area contributed by atoms with E-state index in [1.807, 2.05) is 44.0 Å².